The van der Waals surface area contributed by atoms with Crippen LogP contribution < -0.4 is 75.7 Å². The number of alkyl halides is 1. The largest absolute Gasteiger partial charge is 0.494 e. The topological polar surface area (TPSA) is 61.9 Å². The lowest BCUT2D eigenvalue weighted by Crippen LogP contribution is -2.84. The van der Waals surface area contributed by atoms with Gasteiger partial charge in [-0.1, -0.05) is 301 Å². The molecule has 37 heteroatoms. The third kappa shape index (κ3) is 20.3. The quantitative estimate of drug-likeness (QED) is 0.0425. The molecule has 1 fully saturated rings. The molecule has 26 radical (unpaired) electrons. The first-order chi connectivity index (χ1) is 67.7. The number of anilines is 6. The van der Waals surface area contributed by atoms with Crippen molar-refractivity contribution in [3.8, 4) is 79.4 Å². The molecule has 0 aromatic heterocycles. The van der Waals surface area contributed by atoms with Crippen LogP contribution in [0.4, 0.5) is 34.1 Å². The van der Waals surface area contributed by atoms with E-state index in [4.69, 9.17) is 140 Å². The second-order valence-corrected chi connectivity index (χ2v) is 44.2. The van der Waals surface area contributed by atoms with Crippen molar-refractivity contribution in [2.75, 3.05) is 14.7 Å². The maximum absolute atomic E-state index is 6.70. The molecule has 0 saturated carbocycles. The molecule has 16 aromatic rings. The molecule has 0 amide bonds. The highest BCUT2D eigenvalue weighted by Crippen LogP contribution is 2.44. The lowest BCUT2D eigenvalue weighted by atomic mass is 8.35. The molecule has 0 N–H and O–H groups in total. The second kappa shape index (κ2) is 44.0. The Morgan fingerprint density at radius 1 is 0.243 bits per heavy atom. The molecule has 0 unspecified atom stereocenters. The molecule has 1 saturated heterocycles. The van der Waals surface area contributed by atoms with Gasteiger partial charge in [0.2, 0.25) is 0 Å². The highest BCUT2D eigenvalue weighted by atomic mass is 127. The predicted molar refractivity (Wildman–Crippen MR) is 631 cm³/mol. The summed E-state index contributed by atoms with van der Waals surface area (Å²) in [6.07, 6.45) is -9.56. The Hall–Kier alpha value is -10.7. The molecular weight excluding hydrogens is 1850 g/mol. The Bertz CT molecular complexity index is 6710. The zero-order valence-electron chi connectivity index (χ0n) is 78.6. The van der Waals surface area contributed by atoms with Gasteiger partial charge in [0.1, 0.15) is 46.0 Å². The second-order valence-electron chi connectivity index (χ2n) is 36.5. The van der Waals surface area contributed by atoms with Gasteiger partial charge in [0, 0.05) is 210 Å². The molecule has 16 aromatic carbocycles. The standard InChI is InChI=1S/C48H33NO2Si.C30H30BNO2.C24H15ClO2Si.CH3I.B24/c1-3-13-34(14-4-1)35-23-28-39(29-24-35)49(38-15-5-2-6-16-38)40-30-25-36(26-31-40)37-27-32-44-48(33-37)52(47-22-12-9-19-43(47)51-44)45-20-10-7-17-41(45)50-42-18-8-11-21-46(42)52;1-29(2)30(3,4)34-31(33-29)25-17-21-28(22-18-25)32(26-13-9-6-10-14-26)27-19-15-24(16-20-27)23-11-7-5-8-12-23;25-16-13-14-20-24(15-16)28(23-12-6-3-9-19(23)27-20)21-10-4-1-7-17(21)26-18-8-2-5-11-22(18)28;1-2;1-14(2)20(13)23(19(11)12)24(21(15(3)4)16(5)6)22(17(7)8)18(9)10/h1-33H;5-22H,1-4H3;1-15H;1H3;. The Labute approximate surface area is 868 Å². The van der Waals surface area contributed by atoms with Crippen LogP contribution in [0.25, 0.3) is 33.4 Å². The predicted octanol–water partition coefficient (Wildman–Crippen LogP) is 13.0. The van der Waals surface area contributed by atoms with Crippen LogP contribution in [0.5, 0.6) is 46.0 Å². The van der Waals surface area contributed by atoms with Crippen LogP contribution in [0, 0.1) is 0 Å². The smallest absolute Gasteiger partial charge is 0.458 e. The number of hydrogen-bond donors (Lipinski definition) is 0. The number of halogens is 2. The molecule has 0 aliphatic carbocycles. The molecule has 5 aliphatic rings. The molecule has 0 bridgehead atoms. The maximum atomic E-state index is 6.70. The summed E-state index contributed by atoms with van der Waals surface area (Å²) in [5.41, 5.74) is 14.0. The number of ether oxygens (including phenoxy) is 4. The van der Waals surface area contributed by atoms with Crippen LogP contribution in [0.15, 0.2) is 400 Å². The summed E-state index contributed by atoms with van der Waals surface area (Å²) in [7, 11) is 70.4. The van der Waals surface area contributed by atoms with E-state index in [-0.39, 0.29) is 18.3 Å². The van der Waals surface area contributed by atoms with Crippen LogP contribution in [0.3, 0.4) is 0 Å². The van der Waals surface area contributed by atoms with Crippen LogP contribution in [0.1, 0.15) is 27.7 Å². The molecular formula is C103H81B25ClIN2O6Si2. The highest BCUT2D eigenvalue weighted by molar-refractivity contribution is 14.1. The van der Waals surface area contributed by atoms with E-state index in [1.54, 1.807) is 0 Å². The van der Waals surface area contributed by atoms with Gasteiger partial charge in [-0.05, 0) is 246 Å². The summed E-state index contributed by atoms with van der Waals surface area (Å²) in [4.78, 5) is 6.55. The lowest BCUT2D eigenvalue weighted by molar-refractivity contribution is 0.00578. The third-order valence-electron chi connectivity index (χ3n) is 27.4. The van der Waals surface area contributed by atoms with Gasteiger partial charge in [-0.2, -0.15) is 0 Å². The first-order valence-corrected chi connectivity index (χ1v) is 53.3. The minimum absolute atomic E-state index is 0.354. The number of nitrogens with zero attached hydrogens (tertiary/aromatic N) is 2. The molecule has 636 valence electrons. The van der Waals surface area contributed by atoms with Gasteiger partial charge < -0.3 is 38.1 Å². The molecule has 5 aliphatic heterocycles. The van der Waals surface area contributed by atoms with Crippen LogP contribution >= 0.6 is 34.2 Å². The van der Waals surface area contributed by atoms with Crippen molar-refractivity contribution in [1.29, 1.82) is 0 Å². The maximum Gasteiger partial charge on any atom is 0.494 e. The van der Waals surface area contributed by atoms with Gasteiger partial charge in [-0.3, -0.25) is 0 Å². The minimum Gasteiger partial charge on any atom is -0.458 e. The monoisotopic (exact) mass is 1930 g/mol. The SMILES string of the molecule is CC1(C)OB(c2ccc(N(c3ccccc3)c3ccc(-c4ccccc4)cc3)cc2)OC1(C)C.CI.Clc1ccc2c(c1)[Si]1(c3ccccc3Oc3ccccc31)c1ccccc1O2.[B]B([B])B([B])B(B([B])[B])B(B(B([B])[B])B([B])[B])B(B([B])[B])B([B])[B].c1ccc(-c2ccc(N(c3ccccc3)c3ccc(-c4ccc5c(c4)[Si]4(c6ccccc6Oc6ccccc64)c4ccccc4O5)cc3)cc2)cc1. The number of rotatable bonds is 20. The number of benzene rings is 16. The summed E-state index contributed by atoms with van der Waals surface area (Å²) in [5, 5.41) is 10.5. The molecule has 21 rings (SSSR count). The van der Waals surface area contributed by atoms with E-state index < -0.39 is 86.4 Å². The molecule has 0 atom stereocenters. The van der Waals surface area contributed by atoms with Crippen molar-refractivity contribution in [2.45, 2.75) is 38.9 Å². The summed E-state index contributed by atoms with van der Waals surface area (Å²) in [6, 6.07) is 140. The van der Waals surface area contributed by atoms with E-state index in [2.05, 4.69) is 418 Å². The van der Waals surface area contributed by atoms with E-state index in [1.807, 2.05) is 47.4 Å². The van der Waals surface area contributed by atoms with Gasteiger partial charge in [0.25, 0.3) is 0 Å². The van der Waals surface area contributed by atoms with Crippen LogP contribution in [-0.2, 0) is 9.31 Å². The number of hydrogen-bond acceptors (Lipinski definition) is 8. The van der Waals surface area contributed by atoms with E-state index in [0.717, 1.165) is 102 Å². The molecule has 5 heterocycles. The van der Waals surface area contributed by atoms with Crippen molar-refractivity contribution in [3.63, 3.8) is 0 Å². The number of fused-ring (bicyclic) bond motifs is 16. The third-order valence-corrected chi connectivity index (χ3v) is 37.4. The number of para-hydroxylation sites is 8. The summed E-state index contributed by atoms with van der Waals surface area (Å²) in [6.45, 7) is 8.32. The molecule has 8 nitrogen and oxygen atoms in total. The van der Waals surface area contributed by atoms with E-state index in [1.165, 1.54) is 63.7 Å². The van der Waals surface area contributed by atoms with Gasteiger partial charge in [-0.15, -0.1) is 0 Å². The lowest BCUT2D eigenvalue weighted by Gasteiger charge is -2.46. The van der Waals surface area contributed by atoms with Crippen molar-refractivity contribution in [1.82, 2.24) is 0 Å². The molecule has 140 heavy (non-hydrogen) atoms. The molecule has 2 spiro atoms. The Kier molecular flexibility index (Phi) is 31.7. The van der Waals surface area contributed by atoms with Crippen molar-refractivity contribution < 1.29 is 28.3 Å². The Balaban J connectivity index is 0.000000134. The first kappa shape index (κ1) is 101. The van der Waals surface area contributed by atoms with Crippen LogP contribution in [0.2, 0.25) is 5.02 Å². The van der Waals surface area contributed by atoms with E-state index >= 15 is 0 Å². The fourth-order valence-corrected chi connectivity index (χ4v) is 30.8. The zero-order chi connectivity index (χ0) is 98.3. The van der Waals surface area contributed by atoms with E-state index in [9.17, 15) is 0 Å². The summed E-state index contributed by atoms with van der Waals surface area (Å²) < 4.78 is 38.4. The normalized spacial score (nSPS) is 13.4. The average Bonchev–Trinajstić information content (AvgIpc) is 0.729. The average molecular weight is 1930 g/mol. The van der Waals surface area contributed by atoms with Crippen LogP contribution in [-0.4, -0.2) is 210 Å². The zero-order valence-corrected chi connectivity index (χ0v) is 83.6. The van der Waals surface area contributed by atoms with Crippen molar-refractivity contribution >= 4 is 309 Å². The van der Waals surface area contributed by atoms with Gasteiger partial charge in [0.05, 0.1) is 11.2 Å². The Morgan fingerprint density at radius 2 is 0.479 bits per heavy atom. The fraction of sp³-hybridized carbons (Fsp3) is 0.0680. The fourth-order valence-electron chi connectivity index (χ4n) is 20.2. The summed E-state index contributed by atoms with van der Waals surface area (Å²) >= 11 is 8.65. The summed E-state index contributed by atoms with van der Waals surface area (Å²) in [5.74, 6) is 7.28. The van der Waals surface area contributed by atoms with E-state index in [0.29, 0.717) is 0 Å². The van der Waals surface area contributed by atoms with Crippen molar-refractivity contribution in [2.24, 2.45) is 0 Å². The van der Waals surface area contributed by atoms with Gasteiger partial charge in [-0.25, -0.2) is 0 Å². The van der Waals surface area contributed by atoms with Crippen molar-refractivity contribution in [3.05, 3.63) is 405 Å². The minimum atomic E-state index is -2.82. The highest BCUT2D eigenvalue weighted by Gasteiger charge is 2.56. The van der Waals surface area contributed by atoms with Gasteiger partial charge in [0.15, 0.2) is 16.1 Å². The Morgan fingerprint density at radius 3 is 0.779 bits per heavy atom. The van der Waals surface area contributed by atoms with Gasteiger partial charge >= 0.3 is 7.12 Å². The first-order valence-electron chi connectivity index (χ1n) is 46.7.